The van der Waals surface area contributed by atoms with E-state index >= 15 is 0 Å². The third-order valence-corrected chi connectivity index (χ3v) is 4.48. The number of rotatable bonds is 4. The lowest BCUT2D eigenvalue weighted by Crippen LogP contribution is -2.32. The quantitative estimate of drug-likeness (QED) is 0.861. The maximum Gasteiger partial charge on any atom is 0.387 e. The molecule has 19 heavy (non-hydrogen) atoms. The molecule has 2 N–H and O–H groups in total. The van der Waals surface area contributed by atoms with Gasteiger partial charge in [-0.25, -0.2) is 8.42 Å². The van der Waals surface area contributed by atoms with Crippen molar-refractivity contribution in [2.75, 3.05) is 16.8 Å². The second-order valence-electron chi connectivity index (χ2n) is 4.27. The van der Waals surface area contributed by atoms with Crippen LogP contribution in [0.1, 0.15) is 0 Å². The Morgan fingerprint density at radius 3 is 2.58 bits per heavy atom. The number of hydrogen-bond donors (Lipinski definition) is 2. The number of aliphatic hydroxyl groups is 1. The first-order valence-electron chi connectivity index (χ1n) is 5.56. The predicted molar refractivity (Wildman–Crippen MR) is 65.1 cm³/mol. The lowest BCUT2D eigenvalue weighted by atomic mass is 10.2. The van der Waals surface area contributed by atoms with Gasteiger partial charge in [-0.05, 0) is 12.1 Å². The van der Waals surface area contributed by atoms with E-state index in [4.69, 9.17) is 0 Å². The lowest BCUT2D eigenvalue weighted by Gasteiger charge is -2.18. The zero-order chi connectivity index (χ0) is 14.0. The third-order valence-electron chi connectivity index (χ3n) is 2.77. The van der Waals surface area contributed by atoms with Gasteiger partial charge in [0.05, 0.1) is 29.3 Å². The second kappa shape index (κ2) is 5.30. The average Bonchev–Trinajstić information content (AvgIpc) is 2.54. The zero-order valence-electron chi connectivity index (χ0n) is 9.79. The predicted octanol–water partition coefficient (Wildman–Crippen LogP) is 0.858. The highest BCUT2D eigenvalue weighted by Crippen LogP contribution is 2.28. The first kappa shape index (κ1) is 14.0. The summed E-state index contributed by atoms with van der Waals surface area (Å²) in [5.41, 5.74) is 0.226. The van der Waals surface area contributed by atoms with Gasteiger partial charge in [0, 0.05) is 0 Å². The van der Waals surface area contributed by atoms with E-state index in [0.29, 0.717) is 0 Å². The van der Waals surface area contributed by atoms with E-state index in [9.17, 15) is 22.3 Å². The van der Waals surface area contributed by atoms with Crippen LogP contribution in [0.2, 0.25) is 0 Å². The highest BCUT2D eigenvalue weighted by Gasteiger charge is 2.36. The Bertz CT molecular complexity index is 549. The summed E-state index contributed by atoms with van der Waals surface area (Å²) in [4.78, 5) is 0. The maximum atomic E-state index is 12.2. The van der Waals surface area contributed by atoms with Crippen molar-refractivity contribution in [3.63, 3.8) is 0 Å². The van der Waals surface area contributed by atoms with Crippen LogP contribution in [0.4, 0.5) is 14.5 Å². The SMILES string of the molecule is O=S1(=O)CC(O)C(Nc2ccccc2OC(F)F)C1. The van der Waals surface area contributed by atoms with Gasteiger partial charge >= 0.3 is 6.61 Å². The first-order valence-corrected chi connectivity index (χ1v) is 7.38. The standard InChI is InChI=1S/C11H13F2NO4S/c12-11(13)18-10-4-2-1-3-7(10)14-8-5-19(16,17)6-9(8)15/h1-4,8-9,11,14-15H,5-6H2. The van der Waals surface area contributed by atoms with Gasteiger partial charge in [-0.3, -0.25) is 0 Å². The van der Waals surface area contributed by atoms with E-state index in [1.54, 1.807) is 6.07 Å². The molecule has 1 aromatic carbocycles. The Balaban J connectivity index is 2.15. The Kier molecular flexibility index (Phi) is 3.91. The number of para-hydroxylation sites is 2. The number of halogens is 2. The molecule has 2 atom stereocenters. The second-order valence-corrected chi connectivity index (χ2v) is 6.42. The van der Waals surface area contributed by atoms with Crippen LogP contribution in [0.3, 0.4) is 0 Å². The Hall–Kier alpha value is -1.41. The van der Waals surface area contributed by atoms with E-state index in [1.807, 2.05) is 0 Å². The molecule has 0 saturated carbocycles. The zero-order valence-corrected chi connectivity index (χ0v) is 10.6. The fraction of sp³-hybridized carbons (Fsp3) is 0.455. The monoisotopic (exact) mass is 293 g/mol. The van der Waals surface area contributed by atoms with Crippen LogP contribution in [0.15, 0.2) is 24.3 Å². The van der Waals surface area contributed by atoms with Gasteiger partial charge < -0.3 is 15.2 Å². The summed E-state index contributed by atoms with van der Waals surface area (Å²) >= 11 is 0. The molecule has 1 aliphatic heterocycles. The van der Waals surface area contributed by atoms with Crippen molar-refractivity contribution >= 4 is 15.5 Å². The molecule has 2 rings (SSSR count). The van der Waals surface area contributed by atoms with Crippen molar-refractivity contribution in [1.29, 1.82) is 0 Å². The topological polar surface area (TPSA) is 75.6 Å². The number of benzene rings is 1. The number of anilines is 1. The minimum Gasteiger partial charge on any atom is -0.433 e. The first-order chi connectivity index (χ1) is 8.87. The summed E-state index contributed by atoms with van der Waals surface area (Å²) in [6.07, 6.45) is -1.07. The van der Waals surface area contributed by atoms with E-state index in [2.05, 4.69) is 10.1 Å². The average molecular weight is 293 g/mol. The summed E-state index contributed by atoms with van der Waals surface area (Å²) in [7, 11) is -3.30. The lowest BCUT2D eigenvalue weighted by molar-refractivity contribution is -0.0494. The van der Waals surface area contributed by atoms with Crippen LogP contribution in [0.25, 0.3) is 0 Å². The molecule has 8 heteroatoms. The number of nitrogens with one attached hydrogen (secondary N) is 1. The molecule has 2 unspecified atom stereocenters. The van der Waals surface area contributed by atoms with Crippen molar-refractivity contribution < 1.29 is 27.0 Å². The van der Waals surface area contributed by atoms with Crippen molar-refractivity contribution in [3.05, 3.63) is 24.3 Å². The van der Waals surface area contributed by atoms with Gasteiger partial charge in [0.25, 0.3) is 0 Å². The fourth-order valence-corrected chi connectivity index (χ4v) is 3.69. The van der Waals surface area contributed by atoms with Gasteiger partial charge in [0.15, 0.2) is 9.84 Å². The molecular formula is C11H13F2NO4S. The highest BCUT2D eigenvalue weighted by molar-refractivity contribution is 7.91. The Labute approximate surface area is 109 Å². The van der Waals surface area contributed by atoms with E-state index in [1.165, 1.54) is 18.2 Å². The van der Waals surface area contributed by atoms with Crippen molar-refractivity contribution in [2.45, 2.75) is 18.8 Å². The summed E-state index contributed by atoms with van der Waals surface area (Å²) in [5.74, 6) is -0.659. The fourth-order valence-electron chi connectivity index (χ4n) is 1.95. The number of sulfone groups is 1. The minimum absolute atomic E-state index is 0.0889. The van der Waals surface area contributed by atoms with Gasteiger partial charge in [0.1, 0.15) is 5.75 Å². The maximum absolute atomic E-state index is 12.2. The highest BCUT2D eigenvalue weighted by atomic mass is 32.2. The number of ether oxygens (including phenoxy) is 1. The van der Waals surface area contributed by atoms with E-state index in [-0.39, 0.29) is 22.9 Å². The van der Waals surface area contributed by atoms with Crippen LogP contribution in [-0.4, -0.2) is 43.8 Å². The van der Waals surface area contributed by atoms with Crippen molar-refractivity contribution in [1.82, 2.24) is 0 Å². The molecule has 1 heterocycles. The van der Waals surface area contributed by atoms with Crippen molar-refractivity contribution in [2.24, 2.45) is 0 Å². The molecule has 0 aromatic heterocycles. The van der Waals surface area contributed by atoms with Gasteiger partial charge in [-0.1, -0.05) is 12.1 Å². The number of aliphatic hydroxyl groups excluding tert-OH is 1. The largest absolute Gasteiger partial charge is 0.433 e. The Morgan fingerprint density at radius 2 is 2.00 bits per heavy atom. The van der Waals surface area contributed by atoms with Crippen LogP contribution >= 0.6 is 0 Å². The molecule has 5 nitrogen and oxygen atoms in total. The normalized spacial score (nSPS) is 25.5. The van der Waals surface area contributed by atoms with E-state index < -0.39 is 28.6 Å². The van der Waals surface area contributed by atoms with E-state index in [0.717, 1.165) is 0 Å². The minimum atomic E-state index is -3.30. The smallest absolute Gasteiger partial charge is 0.387 e. The third kappa shape index (κ3) is 3.54. The number of alkyl halides is 2. The summed E-state index contributed by atoms with van der Waals surface area (Å²) in [6, 6.07) is 5.20. The van der Waals surface area contributed by atoms with Gasteiger partial charge in [0.2, 0.25) is 0 Å². The molecule has 0 bridgehead atoms. The molecule has 1 aliphatic rings. The molecule has 0 radical (unpaired) electrons. The molecule has 1 saturated heterocycles. The summed E-state index contributed by atoms with van der Waals surface area (Å²) < 4.78 is 51.5. The van der Waals surface area contributed by atoms with Crippen LogP contribution in [-0.2, 0) is 9.84 Å². The van der Waals surface area contributed by atoms with Crippen LogP contribution in [0.5, 0.6) is 5.75 Å². The molecule has 1 aromatic rings. The van der Waals surface area contributed by atoms with Crippen LogP contribution < -0.4 is 10.1 Å². The summed E-state index contributed by atoms with van der Waals surface area (Å²) in [5, 5.41) is 12.4. The van der Waals surface area contributed by atoms with Gasteiger partial charge in [-0.15, -0.1) is 0 Å². The molecule has 106 valence electrons. The van der Waals surface area contributed by atoms with Crippen LogP contribution in [0, 0.1) is 0 Å². The Morgan fingerprint density at radius 1 is 1.32 bits per heavy atom. The summed E-state index contributed by atoms with van der Waals surface area (Å²) in [6.45, 7) is -2.97. The molecule has 1 fully saturated rings. The molecular weight excluding hydrogens is 280 g/mol. The molecule has 0 aliphatic carbocycles. The van der Waals surface area contributed by atoms with Crippen molar-refractivity contribution in [3.8, 4) is 5.75 Å². The number of hydrogen-bond acceptors (Lipinski definition) is 5. The molecule has 0 spiro atoms. The van der Waals surface area contributed by atoms with Gasteiger partial charge in [-0.2, -0.15) is 8.78 Å². The molecule has 0 amide bonds.